The molecule has 0 aromatic rings. The van der Waals surface area contributed by atoms with Gasteiger partial charge in [0.25, 0.3) is 0 Å². The number of likely N-dealkylation sites (N-methyl/N-ethyl adjacent to an activating group) is 1. The SMILES string of the molecule is C=C/C=C(NC)\C(=C/C=C)NC(C)(C)C. The summed E-state index contributed by atoms with van der Waals surface area (Å²) in [4.78, 5) is 0. The normalized spacial score (nSPS) is 13.3. The van der Waals surface area contributed by atoms with Crippen molar-refractivity contribution in [2.75, 3.05) is 7.05 Å². The van der Waals surface area contributed by atoms with Crippen molar-refractivity contribution in [1.82, 2.24) is 10.6 Å². The van der Waals surface area contributed by atoms with Crippen LogP contribution in [0.5, 0.6) is 0 Å². The lowest BCUT2D eigenvalue weighted by Crippen LogP contribution is -2.37. The van der Waals surface area contributed by atoms with Gasteiger partial charge in [-0.3, -0.25) is 0 Å². The van der Waals surface area contributed by atoms with Gasteiger partial charge >= 0.3 is 0 Å². The minimum absolute atomic E-state index is 0.0198. The molecular formula is C13H22N2. The van der Waals surface area contributed by atoms with Crippen molar-refractivity contribution in [1.29, 1.82) is 0 Å². The highest BCUT2D eigenvalue weighted by Crippen LogP contribution is 2.10. The van der Waals surface area contributed by atoms with Gasteiger partial charge in [-0.1, -0.05) is 25.3 Å². The van der Waals surface area contributed by atoms with Crippen molar-refractivity contribution in [3.05, 3.63) is 48.9 Å². The van der Waals surface area contributed by atoms with Gasteiger partial charge in [0.05, 0.1) is 11.4 Å². The maximum Gasteiger partial charge on any atom is 0.0579 e. The predicted molar refractivity (Wildman–Crippen MR) is 68.5 cm³/mol. The lowest BCUT2D eigenvalue weighted by atomic mass is 10.1. The van der Waals surface area contributed by atoms with Crippen molar-refractivity contribution in [2.24, 2.45) is 0 Å². The Hall–Kier alpha value is -1.44. The fraction of sp³-hybridized carbons (Fsp3) is 0.385. The van der Waals surface area contributed by atoms with E-state index in [4.69, 9.17) is 0 Å². The minimum Gasteiger partial charge on any atom is -0.386 e. The molecule has 0 aliphatic carbocycles. The van der Waals surface area contributed by atoms with Gasteiger partial charge in [0.2, 0.25) is 0 Å². The molecule has 0 saturated heterocycles. The van der Waals surface area contributed by atoms with Crippen LogP contribution < -0.4 is 10.6 Å². The highest BCUT2D eigenvalue weighted by Gasteiger charge is 2.12. The Kier molecular flexibility index (Phi) is 5.53. The summed E-state index contributed by atoms with van der Waals surface area (Å²) in [7, 11) is 1.89. The van der Waals surface area contributed by atoms with E-state index in [2.05, 4.69) is 44.6 Å². The van der Waals surface area contributed by atoms with Crippen LogP contribution in [0.4, 0.5) is 0 Å². The van der Waals surface area contributed by atoms with Crippen LogP contribution in [0.3, 0.4) is 0 Å². The molecule has 0 bridgehead atoms. The van der Waals surface area contributed by atoms with Gasteiger partial charge < -0.3 is 10.6 Å². The Morgan fingerprint density at radius 2 is 1.47 bits per heavy atom. The third-order valence-corrected chi connectivity index (χ3v) is 1.64. The molecule has 0 atom stereocenters. The van der Waals surface area contributed by atoms with Gasteiger partial charge in [0.15, 0.2) is 0 Å². The van der Waals surface area contributed by atoms with Gasteiger partial charge in [0.1, 0.15) is 0 Å². The van der Waals surface area contributed by atoms with Crippen molar-refractivity contribution < 1.29 is 0 Å². The second-order valence-electron chi connectivity index (χ2n) is 4.26. The molecule has 15 heavy (non-hydrogen) atoms. The van der Waals surface area contributed by atoms with Crippen LogP contribution in [-0.4, -0.2) is 12.6 Å². The fourth-order valence-corrected chi connectivity index (χ4v) is 1.15. The highest BCUT2D eigenvalue weighted by atomic mass is 15.0. The lowest BCUT2D eigenvalue weighted by Gasteiger charge is -2.25. The van der Waals surface area contributed by atoms with Crippen LogP contribution in [0.1, 0.15) is 20.8 Å². The zero-order chi connectivity index (χ0) is 11.9. The average Bonchev–Trinajstić information content (AvgIpc) is 2.11. The fourth-order valence-electron chi connectivity index (χ4n) is 1.15. The second kappa shape index (κ2) is 6.12. The zero-order valence-electron chi connectivity index (χ0n) is 10.2. The van der Waals surface area contributed by atoms with Gasteiger partial charge in [-0.25, -0.2) is 0 Å². The molecule has 0 aromatic carbocycles. The molecule has 2 nitrogen and oxygen atoms in total. The molecule has 0 unspecified atom stereocenters. The van der Waals surface area contributed by atoms with E-state index in [1.165, 1.54) is 0 Å². The quantitative estimate of drug-likeness (QED) is 0.676. The molecule has 0 aromatic heterocycles. The summed E-state index contributed by atoms with van der Waals surface area (Å²) in [6, 6.07) is 0. The Balaban J connectivity index is 4.96. The number of hydrogen-bond donors (Lipinski definition) is 2. The molecule has 0 radical (unpaired) electrons. The molecule has 0 saturated carbocycles. The number of nitrogens with one attached hydrogen (secondary N) is 2. The molecule has 0 rings (SSSR count). The summed E-state index contributed by atoms with van der Waals surface area (Å²) in [6.45, 7) is 13.7. The summed E-state index contributed by atoms with van der Waals surface area (Å²) >= 11 is 0. The average molecular weight is 206 g/mol. The van der Waals surface area contributed by atoms with Crippen molar-refractivity contribution in [2.45, 2.75) is 26.3 Å². The van der Waals surface area contributed by atoms with E-state index in [1.54, 1.807) is 12.2 Å². The second-order valence-corrected chi connectivity index (χ2v) is 4.26. The van der Waals surface area contributed by atoms with E-state index in [0.717, 1.165) is 11.4 Å². The molecular weight excluding hydrogens is 184 g/mol. The molecule has 0 aliphatic rings. The highest BCUT2D eigenvalue weighted by molar-refractivity contribution is 5.33. The summed E-state index contributed by atoms with van der Waals surface area (Å²) in [5.41, 5.74) is 2.03. The van der Waals surface area contributed by atoms with E-state index in [9.17, 15) is 0 Å². The summed E-state index contributed by atoms with van der Waals surface area (Å²) < 4.78 is 0. The largest absolute Gasteiger partial charge is 0.386 e. The molecule has 2 N–H and O–H groups in total. The van der Waals surface area contributed by atoms with Crippen molar-refractivity contribution >= 4 is 0 Å². The van der Waals surface area contributed by atoms with Crippen LogP contribution in [0.25, 0.3) is 0 Å². The van der Waals surface area contributed by atoms with Gasteiger partial charge in [-0.05, 0) is 32.9 Å². The van der Waals surface area contributed by atoms with Crippen LogP contribution in [-0.2, 0) is 0 Å². The molecule has 0 fully saturated rings. The molecule has 0 aliphatic heterocycles. The maximum absolute atomic E-state index is 3.71. The standard InChI is InChI=1S/C13H22N2/c1-7-9-11(14-6)12(10-8-2)15-13(3,4)5/h7-10,14-15H,1-2H2,3-6H3/b11-9+,12-10+. The van der Waals surface area contributed by atoms with Gasteiger partial charge in [-0.2, -0.15) is 0 Å². The zero-order valence-corrected chi connectivity index (χ0v) is 10.2. The molecule has 84 valence electrons. The van der Waals surface area contributed by atoms with Crippen molar-refractivity contribution in [3.63, 3.8) is 0 Å². The lowest BCUT2D eigenvalue weighted by molar-refractivity contribution is 0.474. The number of allylic oxidation sites excluding steroid dienone is 4. The van der Waals surface area contributed by atoms with E-state index in [1.807, 2.05) is 19.2 Å². The summed E-state index contributed by atoms with van der Waals surface area (Å²) in [5, 5.41) is 6.53. The summed E-state index contributed by atoms with van der Waals surface area (Å²) in [6.07, 6.45) is 7.39. The Bertz CT molecular complexity index is 277. The third-order valence-electron chi connectivity index (χ3n) is 1.64. The van der Waals surface area contributed by atoms with E-state index >= 15 is 0 Å². The van der Waals surface area contributed by atoms with E-state index < -0.39 is 0 Å². The minimum atomic E-state index is 0.0198. The molecule has 0 amide bonds. The molecule has 0 spiro atoms. The third kappa shape index (κ3) is 5.78. The van der Waals surface area contributed by atoms with E-state index in [0.29, 0.717) is 0 Å². The first kappa shape index (κ1) is 13.6. The first-order chi connectivity index (χ1) is 6.94. The monoisotopic (exact) mass is 206 g/mol. The number of hydrogen-bond acceptors (Lipinski definition) is 2. The maximum atomic E-state index is 3.71. The van der Waals surface area contributed by atoms with Crippen LogP contribution in [0.2, 0.25) is 0 Å². The predicted octanol–water partition coefficient (Wildman–Crippen LogP) is 2.73. The molecule has 2 heteroatoms. The van der Waals surface area contributed by atoms with Crippen LogP contribution in [0.15, 0.2) is 48.9 Å². The Morgan fingerprint density at radius 3 is 1.80 bits per heavy atom. The Labute approximate surface area is 93.5 Å². The first-order valence-corrected chi connectivity index (χ1v) is 5.06. The van der Waals surface area contributed by atoms with Gasteiger partial charge in [0, 0.05) is 12.6 Å². The van der Waals surface area contributed by atoms with Crippen molar-refractivity contribution in [3.8, 4) is 0 Å². The first-order valence-electron chi connectivity index (χ1n) is 5.06. The van der Waals surface area contributed by atoms with Gasteiger partial charge in [-0.15, -0.1) is 0 Å². The Morgan fingerprint density at radius 1 is 1.00 bits per heavy atom. The number of rotatable bonds is 5. The smallest absolute Gasteiger partial charge is 0.0579 e. The van der Waals surface area contributed by atoms with Crippen LogP contribution in [0, 0.1) is 0 Å². The molecule has 0 heterocycles. The van der Waals surface area contributed by atoms with E-state index in [-0.39, 0.29) is 5.54 Å². The summed E-state index contributed by atoms with van der Waals surface area (Å²) in [5.74, 6) is 0. The van der Waals surface area contributed by atoms with Crippen LogP contribution >= 0.6 is 0 Å². The topological polar surface area (TPSA) is 24.1 Å².